The van der Waals surface area contributed by atoms with Crippen molar-refractivity contribution in [2.75, 3.05) is 4.90 Å². The number of nitrogens with one attached hydrogen (secondary N) is 1. The number of amides is 2. The second-order valence-electron chi connectivity index (χ2n) is 7.87. The van der Waals surface area contributed by atoms with Crippen LogP contribution in [0, 0.1) is 0 Å². The van der Waals surface area contributed by atoms with Gasteiger partial charge in [0.25, 0.3) is 11.8 Å². The van der Waals surface area contributed by atoms with Crippen molar-refractivity contribution in [2.24, 2.45) is 0 Å². The lowest BCUT2D eigenvalue weighted by molar-refractivity contribution is -0.122. The van der Waals surface area contributed by atoms with Crippen molar-refractivity contribution in [3.63, 3.8) is 0 Å². The molecule has 0 unspecified atom stereocenters. The van der Waals surface area contributed by atoms with Gasteiger partial charge in [-0.1, -0.05) is 71.2 Å². The molecule has 2 amide bonds. The Morgan fingerprint density at radius 1 is 0.914 bits per heavy atom. The summed E-state index contributed by atoms with van der Waals surface area (Å²) in [6.07, 6.45) is 3.46. The molecule has 5 rings (SSSR count). The van der Waals surface area contributed by atoms with Gasteiger partial charge in [0.05, 0.1) is 10.7 Å². The molecule has 0 aliphatic carbocycles. The Balaban J connectivity index is 1.58. The average Bonchev–Trinajstić information content (AvgIpc) is 3.17. The number of hydrogen-bond donors (Lipinski definition) is 1. The van der Waals surface area contributed by atoms with E-state index >= 15 is 0 Å². The highest BCUT2D eigenvalue weighted by atomic mass is 35.5. The molecule has 35 heavy (non-hydrogen) atoms. The molecule has 0 bridgehead atoms. The van der Waals surface area contributed by atoms with Gasteiger partial charge in [0.15, 0.2) is 5.11 Å². The van der Waals surface area contributed by atoms with Crippen LogP contribution in [0.3, 0.4) is 0 Å². The summed E-state index contributed by atoms with van der Waals surface area (Å²) in [4.78, 5) is 27.5. The molecule has 3 aromatic carbocycles. The van der Waals surface area contributed by atoms with Crippen LogP contribution < -0.4 is 10.2 Å². The molecule has 2 heterocycles. The quantitative estimate of drug-likeness (QED) is 0.183. The summed E-state index contributed by atoms with van der Waals surface area (Å²) in [6, 6.07) is 19.9. The minimum Gasteiger partial charge on any atom is -0.342 e. The van der Waals surface area contributed by atoms with Gasteiger partial charge in [-0.2, -0.15) is 0 Å². The first-order chi connectivity index (χ1) is 16.8. The molecular formula is C26H16Cl3N3O2S. The molecule has 1 aliphatic heterocycles. The van der Waals surface area contributed by atoms with Gasteiger partial charge in [-0.3, -0.25) is 19.8 Å². The number of benzene rings is 3. The van der Waals surface area contributed by atoms with E-state index in [-0.39, 0.29) is 10.7 Å². The maximum absolute atomic E-state index is 13.4. The third-order valence-corrected chi connectivity index (χ3v) is 6.86. The Bertz CT molecular complexity index is 1560. The molecular weight excluding hydrogens is 525 g/mol. The molecule has 1 aliphatic rings. The second kappa shape index (κ2) is 9.47. The summed E-state index contributed by atoms with van der Waals surface area (Å²) in [7, 11) is 0. The van der Waals surface area contributed by atoms with Crippen LogP contribution in [0.4, 0.5) is 5.69 Å². The molecule has 174 valence electrons. The molecule has 0 atom stereocenters. The zero-order chi connectivity index (χ0) is 24.7. The first kappa shape index (κ1) is 23.6. The van der Waals surface area contributed by atoms with Crippen molar-refractivity contribution in [2.45, 2.75) is 6.54 Å². The maximum atomic E-state index is 13.4. The normalized spacial score (nSPS) is 15.2. The van der Waals surface area contributed by atoms with E-state index in [1.165, 1.54) is 4.90 Å². The summed E-state index contributed by atoms with van der Waals surface area (Å²) in [5.41, 5.74) is 2.86. The van der Waals surface area contributed by atoms with E-state index in [0.29, 0.717) is 32.9 Å². The van der Waals surface area contributed by atoms with Crippen LogP contribution in [-0.2, 0) is 16.1 Å². The zero-order valence-corrected chi connectivity index (χ0v) is 21.1. The molecule has 4 aromatic rings. The van der Waals surface area contributed by atoms with Crippen LogP contribution >= 0.6 is 47.0 Å². The Labute approximate surface area is 221 Å². The highest BCUT2D eigenvalue weighted by Gasteiger charge is 2.35. The van der Waals surface area contributed by atoms with E-state index in [0.717, 1.165) is 16.5 Å². The van der Waals surface area contributed by atoms with Crippen LogP contribution in [0.25, 0.3) is 17.0 Å². The number of halogens is 3. The number of nitrogens with zero attached hydrogens (tertiary/aromatic N) is 2. The molecule has 0 spiro atoms. The maximum Gasteiger partial charge on any atom is 0.270 e. The van der Waals surface area contributed by atoms with E-state index < -0.39 is 11.8 Å². The largest absolute Gasteiger partial charge is 0.342 e. The van der Waals surface area contributed by atoms with Crippen molar-refractivity contribution in [3.05, 3.63) is 105 Å². The molecule has 1 N–H and O–H groups in total. The Kier molecular flexibility index (Phi) is 6.38. The van der Waals surface area contributed by atoms with Gasteiger partial charge in [-0.15, -0.1) is 0 Å². The average molecular weight is 541 g/mol. The number of rotatable bonds is 4. The van der Waals surface area contributed by atoms with Crippen molar-refractivity contribution in [3.8, 4) is 0 Å². The Morgan fingerprint density at radius 3 is 2.43 bits per heavy atom. The van der Waals surface area contributed by atoms with Crippen LogP contribution in [0.15, 0.2) is 78.5 Å². The number of anilines is 1. The number of carbonyl (C=O) groups excluding carboxylic acids is 2. The predicted octanol–water partition coefficient (Wildman–Crippen LogP) is 6.48. The Hall–Kier alpha value is -3.16. The minimum absolute atomic E-state index is 0.0231. The molecule has 0 radical (unpaired) electrons. The number of para-hydroxylation sites is 2. The van der Waals surface area contributed by atoms with Gasteiger partial charge < -0.3 is 4.57 Å². The predicted molar refractivity (Wildman–Crippen MR) is 145 cm³/mol. The van der Waals surface area contributed by atoms with E-state index in [1.54, 1.807) is 42.5 Å². The van der Waals surface area contributed by atoms with E-state index in [9.17, 15) is 9.59 Å². The summed E-state index contributed by atoms with van der Waals surface area (Å²) >= 11 is 24.0. The fourth-order valence-corrected chi connectivity index (χ4v) is 4.98. The molecule has 9 heteroatoms. The lowest BCUT2D eigenvalue weighted by Gasteiger charge is -2.29. The van der Waals surface area contributed by atoms with Crippen LogP contribution in [0.5, 0.6) is 0 Å². The van der Waals surface area contributed by atoms with Gasteiger partial charge in [0.1, 0.15) is 5.57 Å². The second-order valence-corrected chi connectivity index (χ2v) is 9.51. The van der Waals surface area contributed by atoms with Gasteiger partial charge >= 0.3 is 0 Å². The number of aromatic nitrogens is 1. The van der Waals surface area contributed by atoms with E-state index in [2.05, 4.69) is 5.32 Å². The molecule has 1 saturated heterocycles. The first-order valence-electron chi connectivity index (χ1n) is 10.5. The summed E-state index contributed by atoms with van der Waals surface area (Å²) < 4.78 is 2.01. The zero-order valence-electron chi connectivity index (χ0n) is 18.0. The Morgan fingerprint density at radius 2 is 1.66 bits per heavy atom. The molecule has 1 aromatic heterocycles. The van der Waals surface area contributed by atoms with Gasteiger partial charge in [0.2, 0.25) is 0 Å². The van der Waals surface area contributed by atoms with Crippen LogP contribution in [0.2, 0.25) is 15.1 Å². The minimum atomic E-state index is -0.569. The molecule has 5 nitrogen and oxygen atoms in total. The monoisotopic (exact) mass is 539 g/mol. The number of carbonyl (C=O) groups is 2. The van der Waals surface area contributed by atoms with Crippen molar-refractivity contribution in [1.82, 2.24) is 9.88 Å². The van der Waals surface area contributed by atoms with Crippen molar-refractivity contribution in [1.29, 1.82) is 0 Å². The van der Waals surface area contributed by atoms with Crippen molar-refractivity contribution >= 4 is 86.6 Å². The van der Waals surface area contributed by atoms with E-state index in [1.807, 2.05) is 41.1 Å². The van der Waals surface area contributed by atoms with E-state index in [4.69, 9.17) is 47.0 Å². The van der Waals surface area contributed by atoms with Gasteiger partial charge in [-0.05, 0) is 54.2 Å². The lowest BCUT2D eigenvalue weighted by atomic mass is 10.1. The third kappa shape index (κ3) is 4.46. The van der Waals surface area contributed by atoms with Gasteiger partial charge in [-0.25, -0.2) is 0 Å². The highest BCUT2D eigenvalue weighted by molar-refractivity contribution is 7.80. The smallest absolute Gasteiger partial charge is 0.270 e. The molecule has 1 fully saturated rings. The fraction of sp³-hybridized carbons (Fsp3) is 0.0385. The number of thiocarbonyl (C=S) groups is 1. The number of hydrogen-bond acceptors (Lipinski definition) is 3. The molecule has 0 saturated carbocycles. The van der Waals surface area contributed by atoms with Gasteiger partial charge in [0, 0.05) is 39.3 Å². The topological polar surface area (TPSA) is 54.3 Å². The highest BCUT2D eigenvalue weighted by Crippen LogP contribution is 2.31. The summed E-state index contributed by atoms with van der Waals surface area (Å²) in [5.74, 6) is -1.12. The van der Waals surface area contributed by atoms with Crippen LogP contribution in [-0.4, -0.2) is 21.5 Å². The van der Waals surface area contributed by atoms with Crippen LogP contribution in [0.1, 0.15) is 11.1 Å². The summed E-state index contributed by atoms with van der Waals surface area (Å²) in [6.45, 7) is 0.482. The lowest BCUT2D eigenvalue weighted by Crippen LogP contribution is -2.54. The first-order valence-corrected chi connectivity index (χ1v) is 12.1. The standard InChI is InChI=1S/C26H16Cl3N3O2S/c27-17-10-9-15(21(29)12-17)13-31-14-16(18-5-1-3-7-22(18)31)11-19-24(33)30-26(35)32(25(19)34)23-8-4-2-6-20(23)28/h1-12,14H,13H2,(H,30,33,35)/b19-11+. The summed E-state index contributed by atoms with van der Waals surface area (Å²) in [5, 5.41) is 4.91. The third-order valence-electron chi connectivity index (χ3n) is 5.67. The SMILES string of the molecule is O=C1NC(=S)N(c2ccccc2Cl)C(=O)/C1=C/c1cn(Cc2ccc(Cl)cc2Cl)c2ccccc12. The fourth-order valence-electron chi connectivity index (χ4n) is 4.02. The number of fused-ring (bicyclic) bond motifs is 1. The van der Waals surface area contributed by atoms with Crippen molar-refractivity contribution < 1.29 is 9.59 Å².